The van der Waals surface area contributed by atoms with Crippen molar-refractivity contribution in [2.24, 2.45) is 0 Å². The summed E-state index contributed by atoms with van der Waals surface area (Å²) in [7, 11) is 0. The van der Waals surface area contributed by atoms with Gasteiger partial charge >= 0.3 is 6.03 Å². The Bertz CT molecular complexity index is 845. The standard InChI is InChI=1S/C20H17ClN2O/c1-14-7-10-18(13-19(14)21)23-20(24)22-17-11-8-16(9-12-17)15-5-3-2-4-6-15/h2-13H,1H3,(H2,22,23,24). The van der Waals surface area contributed by atoms with E-state index in [0.29, 0.717) is 10.7 Å². The SMILES string of the molecule is Cc1ccc(NC(=O)Nc2ccc(-c3ccccc3)cc2)cc1Cl. The van der Waals surface area contributed by atoms with Crippen LogP contribution in [0, 0.1) is 6.92 Å². The van der Waals surface area contributed by atoms with Crippen molar-refractivity contribution in [2.45, 2.75) is 6.92 Å². The van der Waals surface area contributed by atoms with E-state index >= 15 is 0 Å². The van der Waals surface area contributed by atoms with Gasteiger partial charge in [0.25, 0.3) is 0 Å². The normalized spacial score (nSPS) is 10.2. The zero-order chi connectivity index (χ0) is 16.9. The number of halogens is 1. The Morgan fingerprint density at radius 3 is 2.04 bits per heavy atom. The van der Waals surface area contributed by atoms with Crippen LogP contribution in [0.5, 0.6) is 0 Å². The lowest BCUT2D eigenvalue weighted by Crippen LogP contribution is -2.19. The highest BCUT2D eigenvalue weighted by Crippen LogP contribution is 2.22. The maximum absolute atomic E-state index is 12.1. The van der Waals surface area contributed by atoms with Crippen LogP contribution in [0.25, 0.3) is 11.1 Å². The van der Waals surface area contributed by atoms with Crippen LogP contribution in [0.4, 0.5) is 16.2 Å². The first kappa shape index (κ1) is 16.1. The number of anilines is 2. The Hall–Kier alpha value is -2.78. The van der Waals surface area contributed by atoms with E-state index in [4.69, 9.17) is 11.6 Å². The van der Waals surface area contributed by atoms with Gasteiger partial charge in [-0.3, -0.25) is 0 Å². The lowest BCUT2D eigenvalue weighted by molar-refractivity contribution is 0.262. The second kappa shape index (κ2) is 7.20. The number of nitrogens with one attached hydrogen (secondary N) is 2. The highest BCUT2D eigenvalue weighted by atomic mass is 35.5. The third-order valence-corrected chi connectivity index (χ3v) is 4.09. The van der Waals surface area contributed by atoms with Gasteiger partial charge in [-0.1, -0.05) is 60.1 Å². The molecule has 0 saturated carbocycles. The fourth-order valence-corrected chi connectivity index (χ4v) is 2.52. The summed E-state index contributed by atoms with van der Waals surface area (Å²) < 4.78 is 0. The van der Waals surface area contributed by atoms with Crippen molar-refractivity contribution >= 4 is 29.0 Å². The van der Waals surface area contributed by atoms with Crippen molar-refractivity contribution in [2.75, 3.05) is 10.6 Å². The van der Waals surface area contributed by atoms with Gasteiger partial charge in [0.2, 0.25) is 0 Å². The number of hydrogen-bond donors (Lipinski definition) is 2. The second-order valence-electron chi connectivity index (χ2n) is 5.49. The minimum Gasteiger partial charge on any atom is -0.308 e. The van der Waals surface area contributed by atoms with Crippen molar-refractivity contribution < 1.29 is 4.79 Å². The molecule has 3 aromatic carbocycles. The molecule has 0 saturated heterocycles. The van der Waals surface area contributed by atoms with Crippen LogP contribution < -0.4 is 10.6 Å². The summed E-state index contributed by atoms with van der Waals surface area (Å²) in [6.45, 7) is 1.92. The molecule has 0 aliphatic heterocycles. The molecule has 0 heterocycles. The number of aryl methyl sites for hydroxylation is 1. The molecule has 0 spiro atoms. The van der Waals surface area contributed by atoms with Gasteiger partial charge in [0, 0.05) is 16.4 Å². The van der Waals surface area contributed by atoms with E-state index in [2.05, 4.69) is 22.8 Å². The Morgan fingerprint density at radius 1 is 0.792 bits per heavy atom. The van der Waals surface area contributed by atoms with Gasteiger partial charge in [-0.25, -0.2) is 4.79 Å². The second-order valence-corrected chi connectivity index (χ2v) is 5.89. The molecule has 0 aliphatic rings. The smallest absolute Gasteiger partial charge is 0.308 e. The molecule has 120 valence electrons. The number of rotatable bonds is 3. The first-order chi connectivity index (χ1) is 11.6. The fraction of sp³-hybridized carbons (Fsp3) is 0.0500. The van der Waals surface area contributed by atoms with Crippen LogP contribution in [0.1, 0.15) is 5.56 Å². The molecule has 0 aliphatic carbocycles. The van der Waals surface area contributed by atoms with Gasteiger partial charge in [0.1, 0.15) is 0 Å². The predicted molar refractivity (Wildman–Crippen MR) is 101 cm³/mol. The molecule has 0 aromatic heterocycles. The minimum atomic E-state index is -0.303. The maximum atomic E-state index is 12.1. The minimum absolute atomic E-state index is 0.303. The van der Waals surface area contributed by atoms with E-state index in [9.17, 15) is 4.79 Å². The van der Waals surface area contributed by atoms with Crippen molar-refractivity contribution in [3.8, 4) is 11.1 Å². The number of carbonyl (C=O) groups is 1. The molecule has 3 aromatic rings. The summed E-state index contributed by atoms with van der Waals surface area (Å²) in [5.41, 5.74) is 4.60. The number of carbonyl (C=O) groups excluding carboxylic acids is 1. The molecule has 0 unspecified atom stereocenters. The highest BCUT2D eigenvalue weighted by molar-refractivity contribution is 6.31. The van der Waals surface area contributed by atoms with E-state index in [1.165, 1.54) is 0 Å². The van der Waals surface area contributed by atoms with E-state index < -0.39 is 0 Å². The molecule has 0 fully saturated rings. The molecular weight excluding hydrogens is 320 g/mol. The Kier molecular flexibility index (Phi) is 4.82. The third kappa shape index (κ3) is 3.94. The van der Waals surface area contributed by atoms with E-state index in [1.54, 1.807) is 6.07 Å². The molecule has 2 N–H and O–H groups in total. The van der Waals surface area contributed by atoms with Gasteiger partial charge in [0.05, 0.1) is 0 Å². The van der Waals surface area contributed by atoms with Crippen LogP contribution in [-0.2, 0) is 0 Å². The lowest BCUT2D eigenvalue weighted by Gasteiger charge is -2.09. The van der Waals surface area contributed by atoms with Gasteiger partial charge in [-0.05, 0) is 47.9 Å². The summed E-state index contributed by atoms with van der Waals surface area (Å²) in [5, 5.41) is 6.21. The van der Waals surface area contributed by atoms with Crippen LogP contribution >= 0.6 is 11.6 Å². The van der Waals surface area contributed by atoms with Crippen LogP contribution in [0.2, 0.25) is 5.02 Å². The molecule has 3 nitrogen and oxygen atoms in total. The van der Waals surface area contributed by atoms with Crippen molar-refractivity contribution in [3.63, 3.8) is 0 Å². The van der Waals surface area contributed by atoms with Gasteiger partial charge in [-0.2, -0.15) is 0 Å². The first-order valence-electron chi connectivity index (χ1n) is 7.61. The van der Waals surface area contributed by atoms with Crippen molar-refractivity contribution in [1.82, 2.24) is 0 Å². The predicted octanol–water partition coefficient (Wildman–Crippen LogP) is 5.96. The Morgan fingerprint density at radius 2 is 1.38 bits per heavy atom. The van der Waals surface area contributed by atoms with E-state index in [1.807, 2.05) is 61.5 Å². The molecule has 3 rings (SSSR count). The molecule has 0 radical (unpaired) electrons. The molecule has 4 heteroatoms. The zero-order valence-corrected chi connectivity index (χ0v) is 14.0. The lowest BCUT2D eigenvalue weighted by atomic mass is 10.1. The monoisotopic (exact) mass is 336 g/mol. The fourth-order valence-electron chi connectivity index (χ4n) is 2.34. The largest absolute Gasteiger partial charge is 0.323 e. The van der Waals surface area contributed by atoms with Crippen LogP contribution in [0.15, 0.2) is 72.8 Å². The van der Waals surface area contributed by atoms with Gasteiger partial charge < -0.3 is 10.6 Å². The van der Waals surface area contributed by atoms with E-state index in [-0.39, 0.29) is 6.03 Å². The average molecular weight is 337 g/mol. The molecule has 24 heavy (non-hydrogen) atoms. The summed E-state index contributed by atoms with van der Waals surface area (Å²) in [6, 6.07) is 22.9. The number of benzene rings is 3. The molecular formula is C20H17ClN2O. The maximum Gasteiger partial charge on any atom is 0.323 e. The van der Waals surface area contributed by atoms with Crippen LogP contribution in [0.3, 0.4) is 0 Å². The summed E-state index contributed by atoms with van der Waals surface area (Å²) in [6.07, 6.45) is 0. The third-order valence-electron chi connectivity index (χ3n) is 3.68. The van der Waals surface area contributed by atoms with Gasteiger partial charge in [-0.15, -0.1) is 0 Å². The number of hydrogen-bond acceptors (Lipinski definition) is 1. The molecule has 0 bridgehead atoms. The summed E-state index contributed by atoms with van der Waals surface area (Å²) >= 11 is 6.06. The summed E-state index contributed by atoms with van der Waals surface area (Å²) in [4.78, 5) is 12.1. The molecule has 2 amide bonds. The Labute approximate surface area is 146 Å². The number of amides is 2. The summed E-state index contributed by atoms with van der Waals surface area (Å²) in [5.74, 6) is 0. The zero-order valence-electron chi connectivity index (χ0n) is 13.2. The van der Waals surface area contributed by atoms with Crippen molar-refractivity contribution in [3.05, 3.63) is 83.4 Å². The quantitative estimate of drug-likeness (QED) is 0.608. The van der Waals surface area contributed by atoms with Gasteiger partial charge in [0.15, 0.2) is 0 Å². The Balaban J connectivity index is 1.65. The first-order valence-corrected chi connectivity index (χ1v) is 7.99. The van der Waals surface area contributed by atoms with Crippen LogP contribution in [-0.4, -0.2) is 6.03 Å². The highest BCUT2D eigenvalue weighted by Gasteiger charge is 2.05. The van der Waals surface area contributed by atoms with E-state index in [0.717, 1.165) is 22.4 Å². The average Bonchev–Trinajstić information content (AvgIpc) is 2.59. The topological polar surface area (TPSA) is 41.1 Å². The number of urea groups is 1. The van der Waals surface area contributed by atoms with Crippen molar-refractivity contribution in [1.29, 1.82) is 0 Å². The molecule has 0 atom stereocenters.